The molecule has 0 unspecified atom stereocenters. The number of rotatable bonds is 5. The van der Waals surface area contributed by atoms with E-state index in [9.17, 15) is 5.11 Å². The van der Waals surface area contributed by atoms with Crippen LogP contribution >= 0.6 is 0 Å². The topological polar surface area (TPSA) is 65.4 Å². The van der Waals surface area contributed by atoms with E-state index in [2.05, 4.69) is 10.3 Å². The summed E-state index contributed by atoms with van der Waals surface area (Å²) in [4.78, 5) is 4.20. The maximum absolute atomic E-state index is 9.44. The molecule has 14 heavy (non-hydrogen) atoms. The van der Waals surface area contributed by atoms with Crippen LogP contribution in [0.2, 0.25) is 0 Å². The molecular weight excluding hydrogens is 180 g/mol. The second-order valence-corrected chi connectivity index (χ2v) is 3.17. The molecule has 0 radical (unpaired) electrons. The molecule has 1 aromatic heterocycles. The van der Waals surface area contributed by atoms with Crippen molar-refractivity contribution in [1.82, 2.24) is 10.3 Å². The lowest BCUT2D eigenvalue weighted by Gasteiger charge is -2.05. The zero-order chi connectivity index (χ0) is 10.4. The van der Waals surface area contributed by atoms with E-state index in [4.69, 9.17) is 5.11 Å². The molecule has 0 aliphatic carbocycles. The average molecular weight is 196 g/mol. The third kappa shape index (κ3) is 3.32. The number of aliphatic hydroxyl groups excluding tert-OH is 1. The number of aromatic nitrogens is 1. The summed E-state index contributed by atoms with van der Waals surface area (Å²) in [6, 6.07) is 3.41. The van der Waals surface area contributed by atoms with E-state index in [1.807, 2.05) is 6.92 Å². The molecule has 4 heteroatoms. The highest BCUT2D eigenvalue weighted by atomic mass is 16.3. The summed E-state index contributed by atoms with van der Waals surface area (Å²) in [6.07, 6.45) is 0.715. The van der Waals surface area contributed by atoms with Crippen molar-refractivity contribution in [2.45, 2.75) is 19.9 Å². The van der Waals surface area contributed by atoms with Crippen molar-refractivity contribution in [2.75, 3.05) is 13.2 Å². The summed E-state index contributed by atoms with van der Waals surface area (Å²) in [7, 11) is 0. The van der Waals surface area contributed by atoms with Crippen LogP contribution < -0.4 is 5.32 Å². The van der Waals surface area contributed by atoms with Crippen molar-refractivity contribution in [1.29, 1.82) is 0 Å². The van der Waals surface area contributed by atoms with E-state index < -0.39 is 0 Å². The van der Waals surface area contributed by atoms with Gasteiger partial charge in [-0.25, -0.2) is 0 Å². The Kier molecular flexibility index (Phi) is 4.35. The molecule has 4 nitrogen and oxygen atoms in total. The lowest BCUT2D eigenvalue weighted by molar-refractivity contribution is 0.286. The Labute approximate surface area is 83.6 Å². The zero-order valence-electron chi connectivity index (χ0n) is 8.32. The molecule has 0 aliphatic rings. The van der Waals surface area contributed by atoms with E-state index in [0.29, 0.717) is 18.7 Å². The van der Waals surface area contributed by atoms with Gasteiger partial charge in [0, 0.05) is 18.8 Å². The van der Waals surface area contributed by atoms with Gasteiger partial charge in [-0.2, -0.15) is 0 Å². The van der Waals surface area contributed by atoms with Gasteiger partial charge in [-0.05, 0) is 32.0 Å². The normalized spacial score (nSPS) is 10.4. The highest BCUT2D eigenvalue weighted by molar-refractivity contribution is 5.27. The van der Waals surface area contributed by atoms with Crippen molar-refractivity contribution in [3.05, 3.63) is 23.5 Å². The largest absolute Gasteiger partial charge is 0.506 e. The maximum Gasteiger partial charge on any atom is 0.138 e. The minimum Gasteiger partial charge on any atom is -0.506 e. The Hall–Kier alpha value is -1.13. The number of hydrogen-bond acceptors (Lipinski definition) is 4. The van der Waals surface area contributed by atoms with E-state index >= 15 is 0 Å². The lowest BCUT2D eigenvalue weighted by atomic mass is 10.3. The van der Waals surface area contributed by atoms with Crippen molar-refractivity contribution < 1.29 is 10.2 Å². The van der Waals surface area contributed by atoms with Crippen molar-refractivity contribution in [3.63, 3.8) is 0 Å². The van der Waals surface area contributed by atoms with Gasteiger partial charge in [0.2, 0.25) is 0 Å². The number of nitrogens with one attached hydrogen (secondary N) is 1. The molecule has 0 fully saturated rings. The number of aliphatic hydroxyl groups is 1. The molecule has 0 aromatic carbocycles. The van der Waals surface area contributed by atoms with Crippen LogP contribution in [0, 0.1) is 6.92 Å². The second kappa shape index (κ2) is 5.57. The Morgan fingerprint density at radius 3 is 2.93 bits per heavy atom. The fourth-order valence-electron chi connectivity index (χ4n) is 1.14. The highest BCUT2D eigenvalue weighted by Gasteiger charge is 2.01. The van der Waals surface area contributed by atoms with Crippen molar-refractivity contribution in [2.24, 2.45) is 0 Å². The van der Waals surface area contributed by atoms with Gasteiger partial charge in [0.25, 0.3) is 0 Å². The van der Waals surface area contributed by atoms with Crippen LogP contribution in [0.15, 0.2) is 12.1 Å². The highest BCUT2D eigenvalue weighted by Crippen LogP contribution is 2.13. The molecule has 78 valence electrons. The summed E-state index contributed by atoms with van der Waals surface area (Å²) in [6.45, 7) is 3.33. The molecule has 0 saturated carbocycles. The van der Waals surface area contributed by atoms with Crippen LogP contribution in [-0.2, 0) is 6.54 Å². The summed E-state index contributed by atoms with van der Waals surface area (Å²) in [5.41, 5.74) is 1.55. The molecular formula is C10H16N2O2. The molecule has 0 bridgehead atoms. The standard InChI is InChI=1S/C10H16N2O2/c1-8-3-4-10(14)9(12-8)7-11-5-2-6-13/h3-4,11,13-14H,2,5-7H2,1H3. The maximum atomic E-state index is 9.44. The van der Waals surface area contributed by atoms with Crippen LogP contribution in [-0.4, -0.2) is 28.3 Å². The number of pyridine rings is 1. The van der Waals surface area contributed by atoms with Gasteiger partial charge in [0.1, 0.15) is 5.75 Å². The number of nitrogens with zero attached hydrogens (tertiary/aromatic N) is 1. The molecule has 0 amide bonds. The molecule has 1 rings (SSSR count). The smallest absolute Gasteiger partial charge is 0.138 e. The van der Waals surface area contributed by atoms with E-state index in [1.54, 1.807) is 12.1 Å². The summed E-state index contributed by atoms with van der Waals surface area (Å²) >= 11 is 0. The summed E-state index contributed by atoms with van der Waals surface area (Å²) in [5.74, 6) is 0.215. The van der Waals surface area contributed by atoms with E-state index in [-0.39, 0.29) is 12.4 Å². The van der Waals surface area contributed by atoms with Crippen molar-refractivity contribution >= 4 is 0 Å². The predicted molar refractivity (Wildman–Crippen MR) is 54.0 cm³/mol. The molecule has 1 heterocycles. The van der Waals surface area contributed by atoms with Gasteiger partial charge in [-0.15, -0.1) is 0 Å². The first-order valence-corrected chi connectivity index (χ1v) is 4.71. The first-order valence-electron chi connectivity index (χ1n) is 4.71. The van der Waals surface area contributed by atoms with Crippen molar-refractivity contribution in [3.8, 4) is 5.75 Å². The summed E-state index contributed by atoms with van der Waals surface area (Å²) < 4.78 is 0. The van der Waals surface area contributed by atoms with Crippen LogP contribution in [0.25, 0.3) is 0 Å². The van der Waals surface area contributed by atoms with E-state index in [0.717, 1.165) is 12.2 Å². The quantitative estimate of drug-likeness (QED) is 0.602. The lowest BCUT2D eigenvalue weighted by Crippen LogP contribution is -2.16. The second-order valence-electron chi connectivity index (χ2n) is 3.17. The van der Waals surface area contributed by atoms with E-state index in [1.165, 1.54) is 0 Å². The zero-order valence-corrected chi connectivity index (χ0v) is 8.32. The third-order valence-corrected chi connectivity index (χ3v) is 1.89. The first kappa shape index (κ1) is 10.9. The van der Waals surface area contributed by atoms with Gasteiger partial charge >= 0.3 is 0 Å². The predicted octanol–water partition coefficient (Wildman–Crippen LogP) is 0.568. The van der Waals surface area contributed by atoms with Gasteiger partial charge in [-0.1, -0.05) is 0 Å². The molecule has 1 aromatic rings. The fraction of sp³-hybridized carbons (Fsp3) is 0.500. The minimum atomic E-state index is 0.181. The monoisotopic (exact) mass is 196 g/mol. The number of aromatic hydroxyl groups is 1. The SMILES string of the molecule is Cc1ccc(O)c(CNCCCO)n1. The molecule has 3 N–H and O–H groups in total. The molecule has 0 saturated heterocycles. The first-order chi connectivity index (χ1) is 6.74. The average Bonchev–Trinajstić information content (AvgIpc) is 2.18. The minimum absolute atomic E-state index is 0.181. The summed E-state index contributed by atoms with van der Waals surface area (Å²) in [5, 5.41) is 21.1. The third-order valence-electron chi connectivity index (χ3n) is 1.89. The fourth-order valence-corrected chi connectivity index (χ4v) is 1.14. The van der Waals surface area contributed by atoms with Gasteiger partial charge in [0.15, 0.2) is 0 Å². The Bertz CT molecular complexity index is 289. The van der Waals surface area contributed by atoms with Crippen LogP contribution in [0.5, 0.6) is 5.75 Å². The number of hydrogen-bond donors (Lipinski definition) is 3. The van der Waals surface area contributed by atoms with Gasteiger partial charge < -0.3 is 15.5 Å². The molecule has 0 aliphatic heterocycles. The Balaban J connectivity index is 2.45. The molecule has 0 atom stereocenters. The molecule has 0 spiro atoms. The van der Waals surface area contributed by atoms with Crippen LogP contribution in [0.1, 0.15) is 17.8 Å². The van der Waals surface area contributed by atoms with Gasteiger partial charge in [0.05, 0.1) is 5.69 Å². The Morgan fingerprint density at radius 1 is 1.43 bits per heavy atom. The Morgan fingerprint density at radius 2 is 2.21 bits per heavy atom. The number of aryl methyl sites for hydroxylation is 1. The van der Waals surface area contributed by atoms with Gasteiger partial charge in [-0.3, -0.25) is 4.98 Å². The van der Waals surface area contributed by atoms with Crippen LogP contribution in [0.3, 0.4) is 0 Å². The van der Waals surface area contributed by atoms with Crippen LogP contribution in [0.4, 0.5) is 0 Å².